The first kappa shape index (κ1) is 17.7. The summed E-state index contributed by atoms with van der Waals surface area (Å²) in [5, 5.41) is 6.44. The molecule has 1 fully saturated rings. The first-order valence-corrected chi connectivity index (χ1v) is 8.94. The highest BCUT2D eigenvalue weighted by molar-refractivity contribution is 6.33. The second-order valence-corrected chi connectivity index (χ2v) is 6.72. The van der Waals surface area contributed by atoms with Gasteiger partial charge in [0.25, 0.3) is 5.91 Å². The largest absolute Gasteiger partial charge is 0.372 e. The van der Waals surface area contributed by atoms with Crippen molar-refractivity contribution in [2.75, 3.05) is 25.5 Å². The number of aromatic nitrogens is 1. The fourth-order valence-corrected chi connectivity index (χ4v) is 3.35. The molecule has 1 saturated heterocycles. The molecule has 5 nitrogen and oxygen atoms in total. The number of benzene rings is 1. The summed E-state index contributed by atoms with van der Waals surface area (Å²) in [6, 6.07) is 12.3. The van der Waals surface area contributed by atoms with Crippen LogP contribution in [0, 0.1) is 0 Å². The quantitative estimate of drug-likeness (QED) is 0.862. The van der Waals surface area contributed by atoms with Crippen molar-refractivity contribution in [2.24, 2.45) is 0 Å². The van der Waals surface area contributed by atoms with Crippen LogP contribution in [0.2, 0.25) is 5.02 Å². The zero-order valence-corrected chi connectivity index (χ0v) is 15.1. The number of hydrogen-bond acceptors (Lipinski definition) is 4. The van der Waals surface area contributed by atoms with Crippen LogP contribution in [0.25, 0.3) is 0 Å². The number of amides is 1. The molecule has 0 saturated carbocycles. The van der Waals surface area contributed by atoms with Gasteiger partial charge in [0.15, 0.2) is 0 Å². The van der Waals surface area contributed by atoms with Gasteiger partial charge in [-0.05, 0) is 24.5 Å². The number of piperidine rings is 1. The van der Waals surface area contributed by atoms with Gasteiger partial charge in [-0.1, -0.05) is 41.9 Å². The number of pyridine rings is 1. The minimum atomic E-state index is -0.112. The summed E-state index contributed by atoms with van der Waals surface area (Å²) in [4.78, 5) is 19.0. The maximum absolute atomic E-state index is 12.4. The molecule has 1 aromatic heterocycles. The SMILES string of the molecule is CNc1ncc(C(=O)NC2CCN(Cc3ccccc3)CC2)cc1Cl. The Balaban J connectivity index is 1.50. The van der Waals surface area contributed by atoms with Gasteiger partial charge in [-0.25, -0.2) is 4.98 Å². The molecular formula is C19H23ClN4O. The van der Waals surface area contributed by atoms with Crippen molar-refractivity contribution in [1.82, 2.24) is 15.2 Å². The lowest BCUT2D eigenvalue weighted by atomic mass is 10.0. The Bertz CT molecular complexity index is 715. The van der Waals surface area contributed by atoms with E-state index in [2.05, 4.69) is 44.8 Å². The lowest BCUT2D eigenvalue weighted by Crippen LogP contribution is -2.44. The average Bonchev–Trinajstić information content (AvgIpc) is 2.64. The second kappa shape index (κ2) is 8.32. The van der Waals surface area contributed by atoms with Crippen molar-refractivity contribution in [1.29, 1.82) is 0 Å². The molecule has 1 aliphatic rings. The summed E-state index contributed by atoms with van der Waals surface area (Å²) in [6.45, 7) is 2.93. The Morgan fingerprint density at radius 3 is 2.64 bits per heavy atom. The van der Waals surface area contributed by atoms with E-state index in [-0.39, 0.29) is 11.9 Å². The zero-order valence-electron chi connectivity index (χ0n) is 14.3. The van der Waals surface area contributed by atoms with Gasteiger partial charge in [-0.3, -0.25) is 9.69 Å². The van der Waals surface area contributed by atoms with Gasteiger partial charge >= 0.3 is 0 Å². The predicted molar refractivity (Wildman–Crippen MR) is 101 cm³/mol. The Morgan fingerprint density at radius 2 is 2.00 bits per heavy atom. The molecule has 0 aliphatic carbocycles. The van der Waals surface area contributed by atoms with Crippen molar-refractivity contribution in [2.45, 2.75) is 25.4 Å². The maximum atomic E-state index is 12.4. The van der Waals surface area contributed by atoms with Crippen molar-refractivity contribution in [3.8, 4) is 0 Å². The van der Waals surface area contributed by atoms with Crippen LogP contribution in [-0.4, -0.2) is 42.0 Å². The maximum Gasteiger partial charge on any atom is 0.253 e. The molecule has 3 rings (SSSR count). The smallest absolute Gasteiger partial charge is 0.253 e. The standard InChI is InChI=1S/C19H23ClN4O/c1-21-18-17(20)11-15(12-22-18)19(25)23-16-7-9-24(10-8-16)13-14-5-3-2-4-6-14/h2-6,11-12,16H,7-10,13H2,1H3,(H,21,22)(H,23,25). The normalized spacial score (nSPS) is 15.8. The molecule has 2 aromatic rings. The van der Waals surface area contributed by atoms with E-state index in [9.17, 15) is 4.79 Å². The van der Waals surface area contributed by atoms with Crippen LogP contribution >= 0.6 is 11.6 Å². The monoisotopic (exact) mass is 358 g/mol. The van der Waals surface area contributed by atoms with Gasteiger partial charge < -0.3 is 10.6 Å². The summed E-state index contributed by atoms with van der Waals surface area (Å²) >= 11 is 6.10. The second-order valence-electron chi connectivity index (χ2n) is 6.31. The lowest BCUT2D eigenvalue weighted by molar-refractivity contribution is 0.0908. The van der Waals surface area contributed by atoms with Gasteiger partial charge in [0.1, 0.15) is 5.82 Å². The highest BCUT2D eigenvalue weighted by atomic mass is 35.5. The highest BCUT2D eigenvalue weighted by Gasteiger charge is 2.21. The third kappa shape index (κ3) is 4.71. The molecule has 25 heavy (non-hydrogen) atoms. The average molecular weight is 359 g/mol. The Kier molecular flexibility index (Phi) is 5.89. The molecule has 6 heteroatoms. The molecule has 0 bridgehead atoms. The van der Waals surface area contributed by atoms with Crippen molar-refractivity contribution in [3.05, 3.63) is 58.7 Å². The third-order valence-electron chi connectivity index (χ3n) is 4.51. The molecule has 0 radical (unpaired) electrons. The number of likely N-dealkylation sites (tertiary alicyclic amines) is 1. The van der Waals surface area contributed by atoms with E-state index < -0.39 is 0 Å². The molecule has 132 valence electrons. The van der Waals surface area contributed by atoms with Gasteiger partial charge in [0, 0.05) is 38.9 Å². The molecule has 2 heterocycles. The van der Waals surface area contributed by atoms with E-state index in [1.807, 2.05) is 6.07 Å². The van der Waals surface area contributed by atoms with Gasteiger partial charge in [-0.2, -0.15) is 0 Å². The molecule has 1 amide bonds. The Labute approximate surface area is 153 Å². The summed E-state index contributed by atoms with van der Waals surface area (Å²) in [5.41, 5.74) is 1.83. The fourth-order valence-electron chi connectivity index (χ4n) is 3.09. The van der Waals surface area contributed by atoms with Crippen LogP contribution in [-0.2, 0) is 6.54 Å². The minimum absolute atomic E-state index is 0.112. The van der Waals surface area contributed by atoms with E-state index in [0.717, 1.165) is 32.5 Å². The van der Waals surface area contributed by atoms with E-state index in [1.165, 1.54) is 5.56 Å². The highest BCUT2D eigenvalue weighted by Crippen LogP contribution is 2.20. The Hall–Kier alpha value is -2.11. The predicted octanol–water partition coefficient (Wildman–Crippen LogP) is 3.17. The number of nitrogens with zero attached hydrogens (tertiary/aromatic N) is 2. The van der Waals surface area contributed by atoms with Gasteiger partial charge in [-0.15, -0.1) is 0 Å². The number of halogens is 1. The number of anilines is 1. The van der Waals surface area contributed by atoms with Crippen molar-refractivity contribution < 1.29 is 4.79 Å². The van der Waals surface area contributed by atoms with Crippen LogP contribution in [0.4, 0.5) is 5.82 Å². The minimum Gasteiger partial charge on any atom is -0.372 e. The zero-order chi connectivity index (χ0) is 17.6. The number of carbonyl (C=O) groups excluding carboxylic acids is 1. The molecule has 0 unspecified atom stereocenters. The number of rotatable bonds is 5. The first-order valence-electron chi connectivity index (χ1n) is 8.56. The summed E-state index contributed by atoms with van der Waals surface area (Å²) in [7, 11) is 1.75. The molecule has 1 aromatic carbocycles. The van der Waals surface area contributed by atoms with Crippen LogP contribution < -0.4 is 10.6 Å². The molecule has 0 spiro atoms. The Morgan fingerprint density at radius 1 is 1.28 bits per heavy atom. The molecule has 0 atom stereocenters. The summed E-state index contributed by atoms with van der Waals surface area (Å²) < 4.78 is 0. The topological polar surface area (TPSA) is 57.3 Å². The van der Waals surface area contributed by atoms with Crippen LogP contribution in [0.15, 0.2) is 42.6 Å². The molecular weight excluding hydrogens is 336 g/mol. The van der Waals surface area contributed by atoms with Crippen molar-refractivity contribution in [3.63, 3.8) is 0 Å². The van der Waals surface area contributed by atoms with E-state index in [4.69, 9.17) is 11.6 Å². The van der Waals surface area contributed by atoms with Crippen LogP contribution in [0.1, 0.15) is 28.8 Å². The van der Waals surface area contributed by atoms with E-state index in [1.54, 1.807) is 19.3 Å². The fraction of sp³-hybridized carbons (Fsp3) is 0.368. The van der Waals surface area contributed by atoms with Crippen LogP contribution in [0.3, 0.4) is 0 Å². The summed E-state index contributed by atoms with van der Waals surface area (Å²) in [5.74, 6) is 0.464. The van der Waals surface area contributed by atoms with Gasteiger partial charge in [0.05, 0.1) is 10.6 Å². The lowest BCUT2D eigenvalue weighted by Gasteiger charge is -2.32. The first-order chi connectivity index (χ1) is 12.2. The van der Waals surface area contributed by atoms with Crippen molar-refractivity contribution >= 4 is 23.3 Å². The van der Waals surface area contributed by atoms with E-state index in [0.29, 0.717) is 16.4 Å². The number of hydrogen-bond donors (Lipinski definition) is 2. The summed E-state index contributed by atoms with van der Waals surface area (Å²) in [6.07, 6.45) is 3.46. The third-order valence-corrected chi connectivity index (χ3v) is 4.80. The number of nitrogens with one attached hydrogen (secondary N) is 2. The molecule has 2 N–H and O–H groups in total. The molecule has 1 aliphatic heterocycles. The number of carbonyl (C=O) groups is 1. The van der Waals surface area contributed by atoms with Crippen LogP contribution in [0.5, 0.6) is 0 Å². The van der Waals surface area contributed by atoms with Gasteiger partial charge in [0.2, 0.25) is 0 Å². The van der Waals surface area contributed by atoms with E-state index >= 15 is 0 Å².